The second kappa shape index (κ2) is 13.3. The van der Waals surface area contributed by atoms with Crippen LogP contribution in [0.3, 0.4) is 0 Å². The number of hydrogen-bond acceptors (Lipinski definition) is 7. The van der Waals surface area contributed by atoms with Crippen molar-refractivity contribution in [1.29, 1.82) is 0 Å². The smallest absolute Gasteiger partial charge is 0.253 e. The van der Waals surface area contributed by atoms with Crippen LogP contribution in [0.2, 0.25) is 0 Å². The molecule has 2 aromatic carbocycles. The van der Waals surface area contributed by atoms with Gasteiger partial charge in [-0.15, -0.1) is 16.8 Å². The molecule has 0 bridgehead atoms. The molecule has 1 amide bonds. The Bertz CT molecular complexity index is 1110. The highest BCUT2D eigenvalue weighted by molar-refractivity contribution is 8.00. The topological polar surface area (TPSA) is 87.4 Å². The van der Waals surface area contributed by atoms with E-state index in [1.165, 1.54) is 17.4 Å². The van der Waals surface area contributed by atoms with Crippen molar-refractivity contribution in [3.05, 3.63) is 78.6 Å². The van der Waals surface area contributed by atoms with Gasteiger partial charge in [0.25, 0.3) is 5.91 Å². The number of thioether (sulfide) groups is 1. The standard InChI is InChI=1S/C26H33N7OS/c1-5-17-33-24(19-27-22-11-9-8-10-12-22)29-31-26(33)35-20(4)25(34)30-28-18-21-13-15-23(16-14-21)32(6-2)7-3/h5,8-16,18,20,27H,1,6-7,17,19H2,2-4H3,(H,30,34)/b28-18-/t20-/m0/s1. The fourth-order valence-electron chi connectivity index (χ4n) is 3.42. The van der Waals surface area contributed by atoms with Gasteiger partial charge >= 0.3 is 0 Å². The highest BCUT2D eigenvalue weighted by atomic mass is 32.2. The molecule has 1 atom stereocenters. The van der Waals surface area contributed by atoms with E-state index in [0.29, 0.717) is 18.2 Å². The molecule has 2 N–H and O–H groups in total. The Balaban J connectivity index is 1.56. The van der Waals surface area contributed by atoms with Gasteiger partial charge in [0.05, 0.1) is 18.0 Å². The zero-order valence-corrected chi connectivity index (χ0v) is 21.3. The summed E-state index contributed by atoms with van der Waals surface area (Å²) in [6, 6.07) is 18.0. The average Bonchev–Trinajstić information content (AvgIpc) is 3.26. The summed E-state index contributed by atoms with van der Waals surface area (Å²) in [7, 11) is 0. The maximum Gasteiger partial charge on any atom is 0.253 e. The number of amides is 1. The molecule has 0 saturated heterocycles. The van der Waals surface area contributed by atoms with Crippen LogP contribution in [0.15, 0.2) is 77.5 Å². The van der Waals surface area contributed by atoms with Gasteiger partial charge in [0.1, 0.15) is 0 Å². The second-order valence-electron chi connectivity index (χ2n) is 7.78. The number of nitrogens with one attached hydrogen (secondary N) is 2. The number of rotatable bonds is 13. The largest absolute Gasteiger partial charge is 0.378 e. The second-order valence-corrected chi connectivity index (χ2v) is 9.08. The maximum atomic E-state index is 12.6. The first-order chi connectivity index (χ1) is 17.0. The Labute approximate surface area is 211 Å². The number of carbonyl (C=O) groups is 1. The van der Waals surface area contributed by atoms with Crippen molar-refractivity contribution in [3.8, 4) is 0 Å². The van der Waals surface area contributed by atoms with Gasteiger partial charge in [-0.3, -0.25) is 4.79 Å². The van der Waals surface area contributed by atoms with Gasteiger partial charge in [-0.1, -0.05) is 48.2 Å². The summed E-state index contributed by atoms with van der Waals surface area (Å²) in [5.74, 6) is 0.568. The molecule has 35 heavy (non-hydrogen) atoms. The lowest BCUT2D eigenvalue weighted by Crippen LogP contribution is -2.27. The van der Waals surface area contributed by atoms with Crippen LogP contribution in [-0.2, 0) is 17.9 Å². The van der Waals surface area contributed by atoms with E-state index in [-0.39, 0.29) is 5.91 Å². The van der Waals surface area contributed by atoms with Crippen LogP contribution < -0.4 is 15.6 Å². The average molecular weight is 492 g/mol. The van der Waals surface area contributed by atoms with E-state index in [1.807, 2.05) is 54.0 Å². The van der Waals surface area contributed by atoms with Crippen LogP contribution in [0.4, 0.5) is 11.4 Å². The first-order valence-electron chi connectivity index (χ1n) is 11.7. The third-order valence-corrected chi connectivity index (χ3v) is 6.47. The Morgan fingerprint density at radius 3 is 2.51 bits per heavy atom. The molecule has 0 spiro atoms. The molecule has 0 radical (unpaired) electrons. The third-order valence-electron chi connectivity index (χ3n) is 5.39. The van der Waals surface area contributed by atoms with E-state index < -0.39 is 5.25 Å². The molecule has 1 aromatic heterocycles. The maximum absolute atomic E-state index is 12.6. The molecular formula is C26H33N7OS. The van der Waals surface area contributed by atoms with Crippen molar-refractivity contribution < 1.29 is 4.79 Å². The summed E-state index contributed by atoms with van der Waals surface area (Å²) in [6.45, 7) is 12.9. The molecule has 0 aliphatic carbocycles. The van der Waals surface area contributed by atoms with Crippen LogP contribution >= 0.6 is 11.8 Å². The molecular weight excluding hydrogens is 458 g/mol. The van der Waals surface area contributed by atoms with Crippen molar-refractivity contribution in [3.63, 3.8) is 0 Å². The van der Waals surface area contributed by atoms with Crippen LogP contribution in [0.5, 0.6) is 0 Å². The van der Waals surface area contributed by atoms with Crippen molar-refractivity contribution in [2.24, 2.45) is 5.10 Å². The van der Waals surface area contributed by atoms with E-state index in [4.69, 9.17) is 0 Å². The highest BCUT2D eigenvalue weighted by Crippen LogP contribution is 2.23. The van der Waals surface area contributed by atoms with Crippen molar-refractivity contribution >= 4 is 35.3 Å². The third kappa shape index (κ3) is 7.45. The summed E-state index contributed by atoms with van der Waals surface area (Å²) in [5.41, 5.74) is 5.72. The Morgan fingerprint density at radius 2 is 1.86 bits per heavy atom. The van der Waals surface area contributed by atoms with Gasteiger partial charge in [-0.2, -0.15) is 5.10 Å². The molecule has 1 heterocycles. The lowest BCUT2D eigenvalue weighted by Gasteiger charge is -2.20. The number of benzene rings is 2. The zero-order valence-electron chi connectivity index (χ0n) is 20.5. The van der Waals surface area contributed by atoms with Crippen molar-refractivity contribution in [2.45, 2.75) is 44.3 Å². The summed E-state index contributed by atoms with van der Waals surface area (Å²) in [6.07, 6.45) is 3.44. The minimum atomic E-state index is -0.403. The minimum Gasteiger partial charge on any atom is -0.378 e. The first-order valence-corrected chi connectivity index (χ1v) is 12.6. The van der Waals surface area contributed by atoms with Crippen molar-refractivity contribution in [2.75, 3.05) is 23.3 Å². The number of carbonyl (C=O) groups excluding carboxylic acids is 1. The summed E-state index contributed by atoms with van der Waals surface area (Å²) >= 11 is 1.34. The normalized spacial score (nSPS) is 11.9. The Kier molecular flexibility index (Phi) is 9.92. The Morgan fingerprint density at radius 1 is 1.14 bits per heavy atom. The van der Waals surface area contributed by atoms with E-state index in [2.05, 4.69) is 63.5 Å². The van der Waals surface area contributed by atoms with E-state index in [0.717, 1.165) is 30.2 Å². The molecule has 0 aliphatic heterocycles. The predicted molar refractivity (Wildman–Crippen MR) is 145 cm³/mol. The minimum absolute atomic E-state index is 0.205. The quantitative estimate of drug-likeness (QED) is 0.158. The number of aromatic nitrogens is 3. The van der Waals surface area contributed by atoms with E-state index >= 15 is 0 Å². The monoisotopic (exact) mass is 491 g/mol. The van der Waals surface area contributed by atoms with Crippen LogP contribution in [0.1, 0.15) is 32.2 Å². The number of hydrogen-bond donors (Lipinski definition) is 2. The van der Waals surface area contributed by atoms with Crippen LogP contribution in [0, 0.1) is 0 Å². The first kappa shape index (κ1) is 26.0. The van der Waals surface area contributed by atoms with Gasteiger partial charge in [0.2, 0.25) is 0 Å². The van der Waals surface area contributed by atoms with Crippen LogP contribution in [0.25, 0.3) is 0 Å². The highest BCUT2D eigenvalue weighted by Gasteiger charge is 2.19. The van der Waals surface area contributed by atoms with Gasteiger partial charge in [-0.05, 0) is 50.6 Å². The Hall–Kier alpha value is -3.59. The lowest BCUT2D eigenvalue weighted by molar-refractivity contribution is -0.120. The van der Waals surface area contributed by atoms with Gasteiger partial charge in [-0.25, -0.2) is 5.43 Å². The van der Waals surface area contributed by atoms with Gasteiger partial charge in [0, 0.05) is 31.0 Å². The van der Waals surface area contributed by atoms with E-state index in [1.54, 1.807) is 12.3 Å². The molecule has 184 valence electrons. The molecule has 0 unspecified atom stereocenters. The van der Waals surface area contributed by atoms with Gasteiger partial charge < -0.3 is 14.8 Å². The number of hydrazone groups is 1. The molecule has 0 fully saturated rings. The van der Waals surface area contributed by atoms with Crippen molar-refractivity contribution in [1.82, 2.24) is 20.2 Å². The van der Waals surface area contributed by atoms with E-state index in [9.17, 15) is 4.79 Å². The predicted octanol–water partition coefficient (Wildman–Crippen LogP) is 4.55. The summed E-state index contributed by atoms with van der Waals surface area (Å²) in [4.78, 5) is 14.9. The zero-order chi connectivity index (χ0) is 25.0. The fraction of sp³-hybridized carbons (Fsp3) is 0.308. The fourth-order valence-corrected chi connectivity index (χ4v) is 4.29. The molecule has 0 aliphatic rings. The summed E-state index contributed by atoms with van der Waals surface area (Å²) < 4.78 is 1.96. The number of nitrogens with zero attached hydrogens (tertiary/aromatic N) is 5. The molecule has 3 aromatic rings. The number of anilines is 2. The number of para-hydroxylation sites is 1. The summed E-state index contributed by atoms with van der Waals surface area (Å²) in [5, 5.41) is 16.3. The molecule has 8 nitrogen and oxygen atoms in total. The van der Waals surface area contributed by atoms with Crippen LogP contribution in [-0.4, -0.2) is 45.2 Å². The molecule has 9 heteroatoms. The lowest BCUT2D eigenvalue weighted by atomic mass is 10.2. The molecule has 3 rings (SSSR count). The number of allylic oxidation sites excluding steroid dienone is 1. The van der Waals surface area contributed by atoms with Gasteiger partial charge in [0.15, 0.2) is 11.0 Å². The SMILES string of the molecule is C=CCn1c(CNc2ccccc2)nnc1S[C@@H](C)C(=O)N/N=C\c1ccc(N(CC)CC)cc1. The molecule has 0 saturated carbocycles.